The molecule has 2 aromatic rings. The zero-order valence-electron chi connectivity index (χ0n) is 16.7. The molecule has 1 aromatic carbocycles. The molecule has 1 aliphatic heterocycles. The Kier molecular flexibility index (Phi) is 6.82. The first-order valence-corrected chi connectivity index (χ1v) is 10.8. The van der Waals surface area contributed by atoms with Gasteiger partial charge in [-0.05, 0) is 31.4 Å². The van der Waals surface area contributed by atoms with E-state index in [-0.39, 0.29) is 11.1 Å². The van der Waals surface area contributed by atoms with Gasteiger partial charge >= 0.3 is 0 Å². The van der Waals surface area contributed by atoms with E-state index in [4.69, 9.17) is 0 Å². The number of nitrogens with one attached hydrogen (secondary N) is 1. The number of ketones is 1. The standard InChI is InChI=1S/C22H25FN2O3S/c1-3-24(4-2)12-8-13-25-19(15-9-5-6-10-16(15)23)18(21(27)22(25)28)20(26)17-11-7-14-29-17/h5-7,9-11,14,19,27H,3-4,8,12-13H2,1-2H3/p+1/t19-/m1/s1. The van der Waals surface area contributed by atoms with E-state index in [1.54, 1.807) is 35.7 Å². The SMILES string of the molecule is CC[NH+](CC)CCCN1C(=O)C(O)=C(C(=O)c2cccs2)[C@H]1c1ccccc1F. The average Bonchev–Trinajstić information content (AvgIpc) is 3.34. The van der Waals surface area contributed by atoms with Gasteiger partial charge < -0.3 is 14.9 Å². The summed E-state index contributed by atoms with van der Waals surface area (Å²) < 4.78 is 14.7. The Balaban J connectivity index is 1.95. The van der Waals surface area contributed by atoms with Crippen LogP contribution in [0.2, 0.25) is 0 Å². The summed E-state index contributed by atoms with van der Waals surface area (Å²) in [6.07, 6.45) is 0.696. The maximum Gasteiger partial charge on any atom is 0.290 e. The molecule has 0 spiro atoms. The fraction of sp³-hybridized carbons (Fsp3) is 0.364. The second-order valence-corrected chi connectivity index (χ2v) is 8.00. The lowest BCUT2D eigenvalue weighted by Crippen LogP contribution is -3.11. The maximum absolute atomic E-state index is 14.7. The van der Waals surface area contributed by atoms with Gasteiger partial charge in [-0.3, -0.25) is 9.59 Å². The number of benzene rings is 1. The van der Waals surface area contributed by atoms with Crippen LogP contribution in [-0.2, 0) is 4.79 Å². The summed E-state index contributed by atoms with van der Waals surface area (Å²) >= 11 is 1.23. The van der Waals surface area contributed by atoms with Crippen LogP contribution in [0.5, 0.6) is 0 Å². The van der Waals surface area contributed by atoms with Gasteiger partial charge in [0.1, 0.15) is 5.82 Å². The van der Waals surface area contributed by atoms with Gasteiger partial charge in [0, 0.05) is 18.5 Å². The van der Waals surface area contributed by atoms with Crippen molar-refractivity contribution in [1.82, 2.24) is 4.90 Å². The third-order valence-corrected chi connectivity index (χ3v) is 6.29. The number of carbonyl (C=O) groups is 2. The average molecular weight is 418 g/mol. The normalized spacial score (nSPS) is 16.9. The van der Waals surface area contributed by atoms with Crippen molar-refractivity contribution in [2.45, 2.75) is 26.3 Å². The molecule has 1 amide bonds. The molecule has 0 saturated carbocycles. The van der Waals surface area contributed by atoms with Crippen LogP contribution in [0.1, 0.15) is 41.5 Å². The minimum Gasteiger partial charge on any atom is -0.503 e. The molecule has 2 N–H and O–H groups in total. The highest BCUT2D eigenvalue weighted by Gasteiger charge is 2.44. The number of quaternary nitrogens is 1. The number of hydrogen-bond acceptors (Lipinski definition) is 4. The number of Topliss-reactive ketones (excluding diaryl/α,β-unsaturated/α-hetero) is 1. The van der Waals surface area contributed by atoms with E-state index in [1.807, 2.05) is 0 Å². The second-order valence-electron chi connectivity index (χ2n) is 7.05. The Bertz CT molecular complexity index is 907. The molecule has 0 fully saturated rings. The number of rotatable bonds is 9. The van der Waals surface area contributed by atoms with Crippen molar-refractivity contribution >= 4 is 23.0 Å². The molecule has 5 nitrogen and oxygen atoms in total. The summed E-state index contributed by atoms with van der Waals surface area (Å²) in [5.74, 6) is -2.13. The molecular weight excluding hydrogens is 391 g/mol. The number of nitrogens with zero attached hydrogens (tertiary/aromatic N) is 1. The summed E-state index contributed by atoms with van der Waals surface area (Å²) in [5.41, 5.74) is 0.178. The lowest BCUT2D eigenvalue weighted by molar-refractivity contribution is -0.896. The summed E-state index contributed by atoms with van der Waals surface area (Å²) in [6.45, 7) is 7.36. The lowest BCUT2D eigenvalue weighted by atomic mass is 9.95. The van der Waals surface area contributed by atoms with Crippen molar-refractivity contribution in [3.8, 4) is 0 Å². The maximum atomic E-state index is 14.7. The Morgan fingerprint density at radius 2 is 1.93 bits per heavy atom. The van der Waals surface area contributed by atoms with Crippen molar-refractivity contribution in [1.29, 1.82) is 0 Å². The second kappa shape index (κ2) is 9.33. The van der Waals surface area contributed by atoms with Crippen LogP contribution in [0.3, 0.4) is 0 Å². The molecule has 0 saturated heterocycles. The number of aliphatic hydroxyl groups is 1. The molecule has 29 heavy (non-hydrogen) atoms. The number of hydrogen-bond donors (Lipinski definition) is 2. The van der Waals surface area contributed by atoms with Gasteiger partial charge in [0.25, 0.3) is 5.91 Å². The van der Waals surface area contributed by atoms with E-state index in [1.165, 1.54) is 27.2 Å². The van der Waals surface area contributed by atoms with Crippen molar-refractivity contribution in [2.24, 2.45) is 0 Å². The Morgan fingerprint density at radius 1 is 1.21 bits per heavy atom. The minimum atomic E-state index is -0.926. The molecule has 0 bridgehead atoms. The first kappa shape index (κ1) is 21.2. The van der Waals surface area contributed by atoms with E-state index < -0.39 is 29.3 Å². The summed E-state index contributed by atoms with van der Waals surface area (Å²) in [5, 5.41) is 12.3. The van der Waals surface area contributed by atoms with Gasteiger partial charge in [-0.15, -0.1) is 11.3 Å². The lowest BCUT2D eigenvalue weighted by Gasteiger charge is -2.27. The predicted molar refractivity (Wildman–Crippen MR) is 111 cm³/mol. The monoisotopic (exact) mass is 417 g/mol. The van der Waals surface area contributed by atoms with Crippen molar-refractivity contribution in [2.75, 3.05) is 26.2 Å². The van der Waals surface area contributed by atoms with E-state index in [9.17, 15) is 19.1 Å². The van der Waals surface area contributed by atoms with E-state index in [0.29, 0.717) is 17.8 Å². The van der Waals surface area contributed by atoms with Gasteiger partial charge in [0.05, 0.1) is 36.1 Å². The Morgan fingerprint density at radius 3 is 2.55 bits per heavy atom. The molecule has 0 unspecified atom stereocenters. The van der Waals surface area contributed by atoms with Gasteiger partial charge in [0.15, 0.2) is 5.76 Å². The third kappa shape index (κ3) is 4.26. The highest BCUT2D eigenvalue weighted by Crippen LogP contribution is 2.40. The molecule has 7 heteroatoms. The van der Waals surface area contributed by atoms with Gasteiger partial charge in [-0.1, -0.05) is 24.3 Å². The van der Waals surface area contributed by atoms with Crippen molar-refractivity contribution in [3.05, 3.63) is 69.4 Å². The molecule has 0 aliphatic carbocycles. The summed E-state index contributed by atoms with van der Waals surface area (Å²) in [6, 6.07) is 8.55. The van der Waals surface area contributed by atoms with E-state index in [0.717, 1.165) is 19.6 Å². The number of aliphatic hydroxyl groups excluding tert-OH is 1. The highest BCUT2D eigenvalue weighted by atomic mass is 32.1. The van der Waals surface area contributed by atoms with Crippen molar-refractivity contribution in [3.63, 3.8) is 0 Å². The van der Waals surface area contributed by atoms with Crippen LogP contribution in [0.25, 0.3) is 0 Å². The zero-order chi connectivity index (χ0) is 21.0. The summed E-state index contributed by atoms with van der Waals surface area (Å²) in [7, 11) is 0. The van der Waals surface area contributed by atoms with Gasteiger partial charge in [0.2, 0.25) is 5.78 Å². The van der Waals surface area contributed by atoms with E-state index in [2.05, 4.69) is 13.8 Å². The quantitative estimate of drug-likeness (QED) is 0.617. The topological polar surface area (TPSA) is 62.1 Å². The Hall–Kier alpha value is -2.51. The number of thiophene rings is 1. The highest BCUT2D eigenvalue weighted by molar-refractivity contribution is 7.12. The van der Waals surface area contributed by atoms with Gasteiger partial charge in [-0.25, -0.2) is 4.39 Å². The molecule has 2 heterocycles. The largest absolute Gasteiger partial charge is 0.503 e. The Labute approximate surface area is 174 Å². The number of halogens is 1. The van der Waals surface area contributed by atoms with E-state index >= 15 is 0 Å². The van der Waals surface area contributed by atoms with Crippen LogP contribution in [0.15, 0.2) is 53.1 Å². The summed E-state index contributed by atoms with van der Waals surface area (Å²) in [4.78, 5) is 29.1. The van der Waals surface area contributed by atoms with Gasteiger partial charge in [-0.2, -0.15) is 0 Å². The molecule has 3 rings (SSSR count). The van der Waals surface area contributed by atoms with Crippen LogP contribution in [0, 0.1) is 5.82 Å². The number of carbonyl (C=O) groups excluding carboxylic acids is 2. The number of amides is 1. The van der Waals surface area contributed by atoms with Crippen LogP contribution >= 0.6 is 11.3 Å². The molecule has 1 aliphatic rings. The van der Waals surface area contributed by atoms with Crippen LogP contribution < -0.4 is 4.90 Å². The predicted octanol–water partition coefficient (Wildman–Crippen LogP) is 2.78. The molecule has 0 radical (unpaired) electrons. The smallest absolute Gasteiger partial charge is 0.290 e. The molecule has 154 valence electrons. The fourth-order valence-corrected chi connectivity index (χ4v) is 4.46. The molecule has 1 aromatic heterocycles. The van der Waals surface area contributed by atoms with Crippen LogP contribution in [0.4, 0.5) is 4.39 Å². The first-order chi connectivity index (χ1) is 14.0. The zero-order valence-corrected chi connectivity index (χ0v) is 17.5. The third-order valence-electron chi connectivity index (χ3n) is 5.42. The van der Waals surface area contributed by atoms with Crippen molar-refractivity contribution < 1.29 is 24.0 Å². The molecular formula is C22H26FN2O3S+. The van der Waals surface area contributed by atoms with Crippen LogP contribution in [-0.4, -0.2) is 47.9 Å². The fourth-order valence-electron chi connectivity index (χ4n) is 3.78. The first-order valence-electron chi connectivity index (χ1n) is 9.89. The molecule has 1 atom stereocenters. The minimum absolute atomic E-state index is 0.0438.